The van der Waals surface area contributed by atoms with Gasteiger partial charge in [-0.05, 0) is 0 Å². The number of aromatic amines is 2. The molecule has 19 heavy (non-hydrogen) atoms. The van der Waals surface area contributed by atoms with Crippen molar-refractivity contribution in [2.45, 2.75) is 24.3 Å². The van der Waals surface area contributed by atoms with Crippen molar-refractivity contribution in [3.05, 3.63) is 28.4 Å². The van der Waals surface area contributed by atoms with Gasteiger partial charge >= 0.3 is 0 Å². The van der Waals surface area contributed by atoms with E-state index in [1.54, 1.807) is 6.20 Å². The molecule has 1 saturated heterocycles. The Morgan fingerprint density at radius 3 is 2.68 bits per heavy atom. The van der Waals surface area contributed by atoms with Gasteiger partial charge in [-0.3, -0.25) is 4.79 Å². The monoisotopic (exact) mass is 266 g/mol. The summed E-state index contributed by atoms with van der Waals surface area (Å²) in [5.74, 6) is 0. The molecule has 1 aliphatic heterocycles. The molecule has 0 amide bonds. The summed E-state index contributed by atoms with van der Waals surface area (Å²) >= 11 is 0. The maximum absolute atomic E-state index is 11.5. The van der Waals surface area contributed by atoms with Crippen LogP contribution in [0.3, 0.4) is 0 Å². The summed E-state index contributed by atoms with van der Waals surface area (Å²) in [4.78, 5) is 20.8. The molecule has 0 spiro atoms. The highest BCUT2D eigenvalue weighted by Crippen LogP contribution is 2.30. The number of hydrogen-bond donors (Lipinski definition) is 6. The van der Waals surface area contributed by atoms with Crippen molar-refractivity contribution in [1.29, 1.82) is 0 Å². The van der Waals surface area contributed by atoms with Gasteiger partial charge in [0.05, 0.1) is 36.6 Å². The number of aliphatic hydroxyl groups is 3. The zero-order chi connectivity index (χ0) is 13.6. The Morgan fingerprint density at radius 1 is 1.21 bits per heavy atom. The van der Waals surface area contributed by atoms with Crippen molar-refractivity contribution in [3.63, 3.8) is 0 Å². The van der Waals surface area contributed by atoms with Crippen LogP contribution in [0.1, 0.15) is 11.6 Å². The van der Waals surface area contributed by atoms with Gasteiger partial charge in [0.25, 0.3) is 5.56 Å². The van der Waals surface area contributed by atoms with E-state index in [0.717, 1.165) is 0 Å². The number of rotatable bonds is 2. The minimum absolute atomic E-state index is 0.283. The zero-order valence-corrected chi connectivity index (χ0v) is 9.87. The van der Waals surface area contributed by atoms with E-state index in [0.29, 0.717) is 16.6 Å². The average Bonchev–Trinajstić information content (AvgIpc) is 2.94. The second kappa shape index (κ2) is 4.42. The highest BCUT2D eigenvalue weighted by Gasteiger charge is 2.42. The van der Waals surface area contributed by atoms with Crippen LogP contribution >= 0.6 is 0 Å². The van der Waals surface area contributed by atoms with Crippen LogP contribution in [-0.4, -0.2) is 55.1 Å². The molecule has 2 aromatic heterocycles. The maximum Gasteiger partial charge on any atom is 0.296 e. The number of aromatic nitrogens is 3. The maximum atomic E-state index is 11.5. The number of hydrogen-bond acceptors (Lipinski definition) is 6. The molecule has 8 nitrogen and oxygen atoms in total. The summed E-state index contributed by atoms with van der Waals surface area (Å²) in [6, 6.07) is -1.17. The molecular formula is C11H14N4O4. The normalized spacial score (nSPS) is 31.1. The van der Waals surface area contributed by atoms with E-state index in [4.69, 9.17) is 5.11 Å². The quantitative estimate of drug-likeness (QED) is 0.371. The van der Waals surface area contributed by atoms with Gasteiger partial charge in [-0.15, -0.1) is 0 Å². The molecule has 0 saturated carbocycles. The fourth-order valence-corrected chi connectivity index (χ4v) is 2.53. The van der Waals surface area contributed by atoms with E-state index in [9.17, 15) is 15.0 Å². The minimum atomic E-state index is -1.06. The number of nitrogens with zero attached hydrogens (tertiary/aromatic N) is 1. The van der Waals surface area contributed by atoms with Crippen molar-refractivity contribution in [2.75, 3.05) is 6.61 Å². The van der Waals surface area contributed by atoms with Crippen LogP contribution in [0.15, 0.2) is 17.3 Å². The molecule has 3 heterocycles. The van der Waals surface area contributed by atoms with Gasteiger partial charge in [0.2, 0.25) is 0 Å². The smallest absolute Gasteiger partial charge is 0.296 e. The Hall–Kier alpha value is -1.74. The van der Waals surface area contributed by atoms with Crippen molar-refractivity contribution < 1.29 is 15.3 Å². The Balaban J connectivity index is 2.06. The van der Waals surface area contributed by atoms with Crippen molar-refractivity contribution in [3.8, 4) is 0 Å². The summed E-state index contributed by atoms with van der Waals surface area (Å²) in [5, 5.41) is 31.9. The van der Waals surface area contributed by atoms with Crippen molar-refractivity contribution in [2.24, 2.45) is 0 Å². The van der Waals surface area contributed by atoms with E-state index in [1.807, 2.05) is 0 Å². The van der Waals surface area contributed by atoms with Gasteiger partial charge in [-0.2, -0.15) is 4.98 Å². The first kappa shape index (κ1) is 12.3. The predicted octanol–water partition coefficient (Wildman–Crippen LogP) is -2.02. The van der Waals surface area contributed by atoms with Crippen LogP contribution in [0.5, 0.6) is 0 Å². The van der Waals surface area contributed by atoms with Gasteiger partial charge in [0, 0.05) is 11.8 Å². The van der Waals surface area contributed by atoms with E-state index in [-0.39, 0.29) is 6.61 Å². The number of fused-ring (bicyclic) bond motifs is 1. The third-order valence-electron chi connectivity index (χ3n) is 3.54. The van der Waals surface area contributed by atoms with Gasteiger partial charge < -0.3 is 30.6 Å². The molecule has 0 aromatic carbocycles. The lowest BCUT2D eigenvalue weighted by Gasteiger charge is -2.14. The second-order valence-electron chi connectivity index (χ2n) is 4.62. The van der Waals surface area contributed by atoms with Gasteiger partial charge in [-0.25, -0.2) is 0 Å². The fraction of sp³-hybridized carbons (Fsp3) is 0.455. The number of H-pyrrole nitrogens is 2. The molecule has 0 bridgehead atoms. The Bertz CT molecular complexity index is 651. The molecule has 4 atom stereocenters. The first-order valence-corrected chi connectivity index (χ1v) is 5.91. The van der Waals surface area contributed by atoms with Crippen molar-refractivity contribution >= 4 is 11.0 Å². The van der Waals surface area contributed by atoms with Gasteiger partial charge in [0.1, 0.15) is 11.6 Å². The van der Waals surface area contributed by atoms with Crippen LogP contribution in [0.25, 0.3) is 11.0 Å². The average molecular weight is 266 g/mol. The van der Waals surface area contributed by atoms with Crippen LogP contribution in [-0.2, 0) is 0 Å². The third kappa shape index (κ3) is 1.77. The fourth-order valence-electron chi connectivity index (χ4n) is 2.53. The first-order chi connectivity index (χ1) is 9.13. The second-order valence-corrected chi connectivity index (χ2v) is 4.62. The highest BCUT2D eigenvalue weighted by molar-refractivity contribution is 5.78. The molecule has 102 valence electrons. The molecule has 1 aliphatic rings. The van der Waals surface area contributed by atoms with E-state index in [2.05, 4.69) is 20.3 Å². The summed E-state index contributed by atoms with van der Waals surface area (Å²) in [7, 11) is 0. The Labute approximate surface area is 107 Å². The van der Waals surface area contributed by atoms with Gasteiger partial charge in [0.15, 0.2) is 0 Å². The Morgan fingerprint density at radius 2 is 2.00 bits per heavy atom. The molecular weight excluding hydrogens is 252 g/mol. The molecule has 8 heteroatoms. The van der Waals surface area contributed by atoms with E-state index < -0.39 is 29.9 Å². The molecule has 2 aromatic rings. The lowest BCUT2D eigenvalue weighted by Crippen LogP contribution is -2.35. The molecule has 6 N–H and O–H groups in total. The first-order valence-electron chi connectivity index (χ1n) is 5.91. The lowest BCUT2D eigenvalue weighted by atomic mass is 10.0. The zero-order valence-electron chi connectivity index (χ0n) is 9.87. The molecule has 0 unspecified atom stereocenters. The van der Waals surface area contributed by atoms with E-state index >= 15 is 0 Å². The standard InChI is InChI=1S/C11H14N4O4/c16-2-5-9(17)10(18)7(15-5)4-1-12-8-6(4)13-3-14-11(8)19/h1,3,5,7,9-10,12,15-18H,2H2,(H,13,14,19)/t5-,7+,9-,10+/m1/s1. The largest absolute Gasteiger partial charge is 0.395 e. The molecule has 0 aliphatic carbocycles. The topological polar surface area (TPSA) is 134 Å². The number of aliphatic hydroxyl groups excluding tert-OH is 3. The molecule has 3 rings (SSSR count). The minimum Gasteiger partial charge on any atom is -0.395 e. The lowest BCUT2D eigenvalue weighted by molar-refractivity contribution is 0.0196. The summed E-state index contributed by atoms with van der Waals surface area (Å²) in [5.41, 5.74) is 1.07. The third-order valence-corrected chi connectivity index (χ3v) is 3.54. The van der Waals surface area contributed by atoms with Crippen LogP contribution in [0.2, 0.25) is 0 Å². The number of nitrogens with one attached hydrogen (secondary N) is 3. The highest BCUT2D eigenvalue weighted by atomic mass is 16.3. The SMILES string of the molecule is O=c1nc[nH]c2c([C@@H]3N[C@H](CO)[C@@H](O)[C@H]3O)c[nH]c12. The molecule has 0 radical (unpaired) electrons. The van der Waals surface area contributed by atoms with Crippen molar-refractivity contribution in [1.82, 2.24) is 20.3 Å². The van der Waals surface area contributed by atoms with E-state index in [1.165, 1.54) is 6.33 Å². The summed E-state index contributed by atoms with van der Waals surface area (Å²) in [6.45, 7) is -0.283. The summed E-state index contributed by atoms with van der Waals surface area (Å²) < 4.78 is 0. The van der Waals surface area contributed by atoms with Crippen LogP contribution < -0.4 is 10.9 Å². The molecule has 1 fully saturated rings. The van der Waals surface area contributed by atoms with Crippen LogP contribution in [0.4, 0.5) is 0 Å². The van der Waals surface area contributed by atoms with Crippen LogP contribution in [0, 0.1) is 0 Å². The summed E-state index contributed by atoms with van der Waals surface area (Å²) in [6.07, 6.45) is 0.738. The Kier molecular flexibility index (Phi) is 2.86. The van der Waals surface area contributed by atoms with Gasteiger partial charge in [-0.1, -0.05) is 0 Å². The predicted molar refractivity (Wildman–Crippen MR) is 65.5 cm³/mol.